The van der Waals surface area contributed by atoms with Gasteiger partial charge in [-0.05, 0) is 46.8 Å². The minimum Gasteiger partial charge on any atom is -0.342 e. The lowest BCUT2D eigenvalue weighted by Crippen LogP contribution is -2.40. The van der Waals surface area contributed by atoms with Gasteiger partial charge in [-0.15, -0.1) is 0 Å². The van der Waals surface area contributed by atoms with E-state index in [2.05, 4.69) is 31.2 Å². The summed E-state index contributed by atoms with van der Waals surface area (Å²) in [5.74, 6) is 0.259. The second kappa shape index (κ2) is 6.86. The molecular formula is C12H25N3O. The molecular weight excluding hydrogens is 202 g/mol. The van der Waals surface area contributed by atoms with Gasteiger partial charge >= 0.3 is 0 Å². The third-order valence-electron chi connectivity index (χ3n) is 3.07. The van der Waals surface area contributed by atoms with Gasteiger partial charge in [0.2, 0.25) is 5.91 Å². The Morgan fingerprint density at radius 2 is 2.00 bits per heavy atom. The molecule has 0 bridgehead atoms. The summed E-state index contributed by atoms with van der Waals surface area (Å²) in [5, 5.41) is 3.30. The molecule has 0 radical (unpaired) electrons. The van der Waals surface area contributed by atoms with E-state index in [1.165, 1.54) is 12.8 Å². The van der Waals surface area contributed by atoms with Crippen molar-refractivity contribution in [3.05, 3.63) is 0 Å². The number of nitrogens with zero attached hydrogens (tertiary/aromatic N) is 2. The van der Waals surface area contributed by atoms with E-state index in [0.29, 0.717) is 12.6 Å². The molecule has 0 aliphatic carbocycles. The van der Waals surface area contributed by atoms with Gasteiger partial charge in [0, 0.05) is 19.1 Å². The number of amides is 1. The van der Waals surface area contributed by atoms with Gasteiger partial charge in [-0.25, -0.2) is 0 Å². The summed E-state index contributed by atoms with van der Waals surface area (Å²) in [7, 11) is 4.14. The lowest BCUT2D eigenvalue weighted by molar-refractivity contribution is -0.129. The summed E-state index contributed by atoms with van der Waals surface area (Å²) < 4.78 is 0. The zero-order valence-corrected chi connectivity index (χ0v) is 10.8. The summed E-state index contributed by atoms with van der Waals surface area (Å²) in [6.07, 6.45) is 3.42. The maximum Gasteiger partial charge on any atom is 0.236 e. The van der Waals surface area contributed by atoms with Gasteiger partial charge in [-0.2, -0.15) is 0 Å². The van der Waals surface area contributed by atoms with Crippen molar-refractivity contribution >= 4 is 5.91 Å². The lowest BCUT2D eigenvalue weighted by Gasteiger charge is -2.19. The van der Waals surface area contributed by atoms with E-state index in [0.717, 1.165) is 26.1 Å². The monoisotopic (exact) mass is 227 g/mol. The van der Waals surface area contributed by atoms with Crippen LogP contribution in [-0.2, 0) is 4.79 Å². The Hall–Kier alpha value is -0.610. The first-order chi connectivity index (χ1) is 7.59. The van der Waals surface area contributed by atoms with Gasteiger partial charge in [0.05, 0.1) is 6.54 Å². The largest absolute Gasteiger partial charge is 0.342 e. The topological polar surface area (TPSA) is 35.6 Å². The Morgan fingerprint density at radius 1 is 1.38 bits per heavy atom. The van der Waals surface area contributed by atoms with Crippen molar-refractivity contribution in [2.24, 2.45) is 0 Å². The average molecular weight is 227 g/mol. The number of hydrogen-bond donors (Lipinski definition) is 1. The highest BCUT2D eigenvalue weighted by Gasteiger charge is 2.17. The van der Waals surface area contributed by atoms with Crippen molar-refractivity contribution in [1.82, 2.24) is 15.1 Å². The highest BCUT2D eigenvalue weighted by atomic mass is 16.2. The summed E-state index contributed by atoms with van der Waals surface area (Å²) >= 11 is 0. The van der Waals surface area contributed by atoms with Crippen LogP contribution in [0.4, 0.5) is 0 Å². The minimum absolute atomic E-state index is 0.259. The van der Waals surface area contributed by atoms with Gasteiger partial charge in [-0.3, -0.25) is 4.79 Å². The van der Waals surface area contributed by atoms with E-state index in [9.17, 15) is 4.79 Å². The van der Waals surface area contributed by atoms with Crippen molar-refractivity contribution in [2.75, 3.05) is 40.3 Å². The van der Waals surface area contributed by atoms with Crippen molar-refractivity contribution in [2.45, 2.75) is 32.2 Å². The zero-order chi connectivity index (χ0) is 12.0. The van der Waals surface area contributed by atoms with Gasteiger partial charge in [0.25, 0.3) is 0 Å². The van der Waals surface area contributed by atoms with Gasteiger partial charge in [0.1, 0.15) is 0 Å². The number of likely N-dealkylation sites (tertiary alicyclic amines) is 1. The van der Waals surface area contributed by atoms with E-state index in [-0.39, 0.29) is 5.91 Å². The minimum atomic E-state index is 0.259. The van der Waals surface area contributed by atoms with Gasteiger partial charge < -0.3 is 15.1 Å². The molecule has 1 heterocycles. The lowest BCUT2D eigenvalue weighted by atomic mass is 10.2. The molecule has 16 heavy (non-hydrogen) atoms. The molecule has 1 unspecified atom stereocenters. The first-order valence-corrected chi connectivity index (χ1v) is 6.25. The van der Waals surface area contributed by atoms with E-state index in [4.69, 9.17) is 0 Å². The Bertz CT molecular complexity index is 212. The smallest absolute Gasteiger partial charge is 0.236 e. The van der Waals surface area contributed by atoms with Crippen LogP contribution in [-0.4, -0.2) is 62.0 Å². The van der Waals surface area contributed by atoms with Crippen LogP contribution in [0.25, 0.3) is 0 Å². The van der Waals surface area contributed by atoms with Crippen LogP contribution in [0.15, 0.2) is 0 Å². The number of rotatable bonds is 6. The quantitative estimate of drug-likeness (QED) is 0.719. The summed E-state index contributed by atoms with van der Waals surface area (Å²) in [4.78, 5) is 15.9. The molecule has 1 fully saturated rings. The second-order valence-electron chi connectivity index (χ2n) is 4.96. The van der Waals surface area contributed by atoms with Crippen LogP contribution in [0.2, 0.25) is 0 Å². The summed E-state index contributed by atoms with van der Waals surface area (Å²) in [6, 6.07) is 0.411. The third kappa shape index (κ3) is 4.94. The van der Waals surface area contributed by atoms with Crippen LogP contribution >= 0.6 is 0 Å². The molecule has 0 saturated carbocycles. The molecule has 1 atom stereocenters. The molecule has 4 heteroatoms. The molecule has 1 saturated heterocycles. The Labute approximate surface area is 99.0 Å². The fourth-order valence-electron chi connectivity index (χ4n) is 1.89. The van der Waals surface area contributed by atoms with E-state index in [1.807, 2.05) is 4.90 Å². The van der Waals surface area contributed by atoms with Crippen LogP contribution < -0.4 is 5.32 Å². The second-order valence-corrected chi connectivity index (χ2v) is 4.96. The van der Waals surface area contributed by atoms with Crippen molar-refractivity contribution in [3.8, 4) is 0 Å². The average Bonchev–Trinajstić information content (AvgIpc) is 2.76. The highest BCUT2D eigenvalue weighted by molar-refractivity contribution is 5.78. The zero-order valence-electron chi connectivity index (χ0n) is 10.8. The first kappa shape index (κ1) is 13.5. The molecule has 1 aliphatic rings. The molecule has 0 aromatic rings. The Morgan fingerprint density at radius 3 is 2.56 bits per heavy atom. The fourth-order valence-corrected chi connectivity index (χ4v) is 1.89. The highest BCUT2D eigenvalue weighted by Crippen LogP contribution is 2.06. The fraction of sp³-hybridized carbons (Fsp3) is 0.917. The van der Waals surface area contributed by atoms with Crippen LogP contribution in [0, 0.1) is 0 Å². The maximum atomic E-state index is 11.7. The normalized spacial score (nSPS) is 18.1. The molecule has 1 rings (SSSR count). The SMILES string of the molecule is CC(CCN(C)C)NCC(=O)N1CCCC1. The van der Waals surface area contributed by atoms with Crippen LogP contribution in [0.1, 0.15) is 26.2 Å². The van der Waals surface area contributed by atoms with E-state index in [1.54, 1.807) is 0 Å². The molecule has 1 N–H and O–H groups in total. The predicted octanol–water partition coefficient (Wildman–Crippen LogP) is 0.539. The predicted molar refractivity (Wildman–Crippen MR) is 66.4 cm³/mol. The molecule has 4 nitrogen and oxygen atoms in total. The summed E-state index contributed by atoms with van der Waals surface area (Å²) in [6.45, 7) is 5.60. The third-order valence-corrected chi connectivity index (χ3v) is 3.07. The first-order valence-electron chi connectivity index (χ1n) is 6.25. The molecule has 0 spiro atoms. The Balaban J connectivity index is 2.10. The number of nitrogens with one attached hydrogen (secondary N) is 1. The maximum absolute atomic E-state index is 11.7. The molecule has 1 aliphatic heterocycles. The van der Waals surface area contributed by atoms with E-state index < -0.39 is 0 Å². The molecule has 0 aromatic heterocycles. The van der Waals surface area contributed by atoms with Gasteiger partial charge in [0.15, 0.2) is 0 Å². The van der Waals surface area contributed by atoms with Crippen molar-refractivity contribution in [3.63, 3.8) is 0 Å². The van der Waals surface area contributed by atoms with Crippen molar-refractivity contribution in [1.29, 1.82) is 0 Å². The molecule has 94 valence electrons. The number of carbonyl (C=O) groups excluding carboxylic acids is 1. The summed E-state index contributed by atoms with van der Waals surface area (Å²) in [5.41, 5.74) is 0. The van der Waals surface area contributed by atoms with Crippen molar-refractivity contribution < 1.29 is 4.79 Å². The molecule has 1 amide bonds. The molecule has 0 aromatic carbocycles. The van der Waals surface area contributed by atoms with Crippen LogP contribution in [0.5, 0.6) is 0 Å². The van der Waals surface area contributed by atoms with Crippen LogP contribution in [0.3, 0.4) is 0 Å². The van der Waals surface area contributed by atoms with E-state index >= 15 is 0 Å². The van der Waals surface area contributed by atoms with Gasteiger partial charge in [-0.1, -0.05) is 0 Å². The number of carbonyl (C=O) groups is 1. The Kier molecular flexibility index (Phi) is 5.77. The standard InChI is InChI=1S/C12H25N3O/c1-11(6-9-14(2)3)13-10-12(16)15-7-4-5-8-15/h11,13H,4-10H2,1-3H3. The number of hydrogen-bond acceptors (Lipinski definition) is 3.